The molecule has 0 aliphatic rings. The van der Waals surface area contributed by atoms with Gasteiger partial charge in [0.15, 0.2) is 0 Å². The van der Waals surface area contributed by atoms with E-state index in [0.717, 1.165) is 18.4 Å². The molecule has 2 heterocycles. The van der Waals surface area contributed by atoms with Crippen molar-refractivity contribution < 1.29 is 4.52 Å². The molecule has 0 saturated heterocycles. The van der Waals surface area contributed by atoms with E-state index in [1.54, 1.807) is 12.4 Å². The molecule has 0 aliphatic carbocycles. The molecule has 2 aromatic heterocycles. The Labute approximate surface area is 93.7 Å². The van der Waals surface area contributed by atoms with E-state index in [2.05, 4.69) is 22.0 Å². The van der Waals surface area contributed by atoms with Crippen molar-refractivity contribution in [3.63, 3.8) is 0 Å². The van der Waals surface area contributed by atoms with E-state index in [0.29, 0.717) is 11.7 Å². The third-order valence-corrected chi connectivity index (χ3v) is 2.28. The van der Waals surface area contributed by atoms with Crippen molar-refractivity contribution in [1.82, 2.24) is 15.1 Å². The highest BCUT2D eigenvalue weighted by Crippen LogP contribution is 2.18. The maximum atomic E-state index is 5.89. The maximum Gasteiger partial charge on any atom is 0.243 e. The Morgan fingerprint density at radius 2 is 2.38 bits per heavy atom. The number of hydrogen-bond acceptors (Lipinski definition) is 5. The topological polar surface area (TPSA) is 77.8 Å². The fourth-order valence-corrected chi connectivity index (χ4v) is 1.43. The zero-order chi connectivity index (χ0) is 11.4. The first-order chi connectivity index (χ1) is 7.81. The Balaban J connectivity index is 2.20. The highest BCUT2D eigenvalue weighted by molar-refractivity contribution is 5.51. The van der Waals surface area contributed by atoms with Crippen LogP contribution in [0.5, 0.6) is 0 Å². The highest BCUT2D eigenvalue weighted by atomic mass is 16.5. The molecule has 5 heteroatoms. The van der Waals surface area contributed by atoms with E-state index in [4.69, 9.17) is 10.3 Å². The smallest absolute Gasteiger partial charge is 0.243 e. The third kappa shape index (κ3) is 2.25. The van der Waals surface area contributed by atoms with Gasteiger partial charge >= 0.3 is 0 Å². The molecule has 2 rings (SSSR count). The second kappa shape index (κ2) is 4.85. The summed E-state index contributed by atoms with van der Waals surface area (Å²) in [5.41, 5.74) is 6.72. The van der Waals surface area contributed by atoms with E-state index < -0.39 is 0 Å². The van der Waals surface area contributed by atoms with E-state index in [-0.39, 0.29) is 6.04 Å². The number of rotatable bonds is 4. The van der Waals surface area contributed by atoms with Crippen LogP contribution in [-0.4, -0.2) is 15.1 Å². The molecule has 2 aromatic rings. The summed E-state index contributed by atoms with van der Waals surface area (Å²) in [6, 6.07) is 3.53. The predicted octanol–water partition coefficient (Wildman–Crippen LogP) is 1.93. The van der Waals surface area contributed by atoms with Gasteiger partial charge in [-0.05, 0) is 18.6 Å². The van der Waals surface area contributed by atoms with Gasteiger partial charge in [-0.1, -0.05) is 18.5 Å². The molecule has 0 saturated carbocycles. The van der Waals surface area contributed by atoms with Crippen LogP contribution in [0.2, 0.25) is 0 Å². The lowest BCUT2D eigenvalue weighted by atomic mass is 10.2. The van der Waals surface area contributed by atoms with Gasteiger partial charge in [-0.25, -0.2) is 0 Å². The van der Waals surface area contributed by atoms with Crippen LogP contribution in [0.3, 0.4) is 0 Å². The van der Waals surface area contributed by atoms with Crippen molar-refractivity contribution in [3.05, 3.63) is 30.4 Å². The monoisotopic (exact) mass is 218 g/mol. The normalized spacial score (nSPS) is 12.6. The Bertz CT molecular complexity index is 440. The van der Waals surface area contributed by atoms with Gasteiger partial charge < -0.3 is 10.3 Å². The minimum absolute atomic E-state index is 0.178. The standard InChI is InChI=1S/C11H14N4O/c1-2-4-9(12)11-14-10(15-16-11)8-5-3-6-13-7-8/h3,5-7,9H,2,4,12H2,1H3. The zero-order valence-electron chi connectivity index (χ0n) is 9.13. The summed E-state index contributed by atoms with van der Waals surface area (Å²) in [7, 11) is 0. The summed E-state index contributed by atoms with van der Waals surface area (Å²) in [5, 5.41) is 3.88. The first-order valence-electron chi connectivity index (χ1n) is 5.31. The van der Waals surface area contributed by atoms with Gasteiger partial charge in [0.25, 0.3) is 0 Å². The van der Waals surface area contributed by atoms with Gasteiger partial charge in [0.2, 0.25) is 11.7 Å². The highest BCUT2D eigenvalue weighted by Gasteiger charge is 2.14. The fraction of sp³-hybridized carbons (Fsp3) is 0.364. The molecule has 0 spiro atoms. The predicted molar refractivity (Wildman–Crippen MR) is 59.4 cm³/mol. The van der Waals surface area contributed by atoms with Gasteiger partial charge in [-0.15, -0.1) is 0 Å². The molecular weight excluding hydrogens is 204 g/mol. The Hall–Kier alpha value is -1.75. The minimum Gasteiger partial charge on any atom is -0.337 e. The minimum atomic E-state index is -0.178. The quantitative estimate of drug-likeness (QED) is 0.848. The Kier molecular flexibility index (Phi) is 3.26. The molecule has 0 aliphatic heterocycles. The van der Waals surface area contributed by atoms with Crippen LogP contribution in [0.25, 0.3) is 11.4 Å². The molecule has 0 aromatic carbocycles. The van der Waals surface area contributed by atoms with Crippen molar-refractivity contribution in [3.8, 4) is 11.4 Å². The average molecular weight is 218 g/mol. The Morgan fingerprint density at radius 3 is 3.06 bits per heavy atom. The molecule has 0 fully saturated rings. The zero-order valence-corrected chi connectivity index (χ0v) is 9.13. The van der Waals surface area contributed by atoms with Crippen molar-refractivity contribution in [2.75, 3.05) is 0 Å². The van der Waals surface area contributed by atoms with Gasteiger partial charge in [-0.3, -0.25) is 4.98 Å². The lowest BCUT2D eigenvalue weighted by Gasteiger charge is -2.01. The SMILES string of the molecule is CCCC(N)c1nc(-c2cccnc2)no1. The Morgan fingerprint density at radius 1 is 1.50 bits per heavy atom. The van der Waals surface area contributed by atoms with Crippen LogP contribution in [0.4, 0.5) is 0 Å². The average Bonchev–Trinajstić information content (AvgIpc) is 2.80. The number of pyridine rings is 1. The molecule has 84 valence electrons. The van der Waals surface area contributed by atoms with E-state index >= 15 is 0 Å². The molecule has 0 amide bonds. The first-order valence-corrected chi connectivity index (χ1v) is 5.31. The van der Waals surface area contributed by atoms with Crippen molar-refractivity contribution in [2.24, 2.45) is 5.73 Å². The van der Waals surface area contributed by atoms with E-state index in [9.17, 15) is 0 Å². The van der Waals surface area contributed by atoms with Crippen molar-refractivity contribution in [2.45, 2.75) is 25.8 Å². The molecule has 5 nitrogen and oxygen atoms in total. The van der Waals surface area contributed by atoms with Crippen LogP contribution >= 0.6 is 0 Å². The van der Waals surface area contributed by atoms with Crippen LogP contribution in [-0.2, 0) is 0 Å². The fourth-order valence-electron chi connectivity index (χ4n) is 1.43. The summed E-state index contributed by atoms with van der Waals surface area (Å²) in [6.45, 7) is 2.07. The molecule has 0 bridgehead atoms. The van der Waals surface area contributed by atoms with Crippen LogP contribution < -0.4 is 5.73 Å². The van der Waals surface area contributed by atoms with Crippen molar-refractivity contribution >= 4 is 0 Å². The summed E-state index contributed by atoms with van der Waals surface area (Å²) in [5.74, 6) is 1.02. The molecule has 1 atom stereocenters. The van der Waals surface area contributed by atoms with Crippen LogP contribution in [0.1, 0.15) is 31.7 Å². The van der Waals surface area contributed by atoms with Gasteiger partial charge in [0, 0.05) is 18.0 Å². The molecule has 2 N–H and O–H groups in total. The number of nitrogens with zero attached hydrogens (tertiary/aromatic N) is 3. The van der Waals surface area contributed by atoms with Crippen molar-refractivity contribution in [1.29, 1.82) is 0 Å². The largest absolute Gasteiger partial charge is 0.337 e. The van der Waals surface area contributed by atoms with Gasteiger partial charge in [-0.2, -0.15) is 4.98 Å². The number of nitrogens with two attached hydrogens (primary N) is 1. The molecular formula is C11H14N4O. The maximum absolute atomic E-state index is 5.89. The second-order valence-electron chi connectivity index (χ2n) is 3.59. The second-order valence-corrected chi connectivity index (χ2v) is 3.59. The van der Waals surface area contributed by atoms with E-state index in [1.807, 2.05) is 12.1 Å². The van der Waals surface area contributed by atoms with Crippen LogP contribution in [0.15, 0.2) is 29.0 Å². The van der Waals surface area contributed by atoms with Gasteiger partial charge in [0.05, 0.1) is 6.04 Å². The molecule has 1 unspecified atom stereocenters. The lowest BCUT2D eigenvalue weighted by molar-refractivity contribution is 0.348. The van der Waals surface area contributed by atoms with E-state index in [1.165, 1.54) is 0 Å². The summed E-state index contributed by atoms with van der Waals surface area (Å²) >= 11 is 0. The summed E-state index contributed by atoms with van der Waals surface area (Å²) in [4.78, 5) is 8.25. The first kappa shape index (κ1) is 10.8. The summed E-state index contributed by atoms with van der Waals surface area (Å²) in [6.07, 6.45) is 5.23. The third-order valence-electron chi connectivity index (χ3n) is 2.28. The molecule has 0 radical (unpaired) electrons. The number of hydrogen-bond donors (Lipinski definition) is 1. The number of aromatic nitrogens is 3. The molecule has 16 heavy (non-hydrogen) atoms. The van der Waals surface area contributed by atoms with Gasteiger partial charge in [0.1, 0.15) is 0 Å². The summed E-state index contributed by atoms with van der Waals surface area (Å²) < 4.78 is 5.12. The van der Waals surface area contributed by atoms with Crippen LogP contribution in [0, 0.1) is 0 Å². The lowest BCUT2D eigenvalue weighted by Crippen LogP contribution is -2.09.